The number of rotatable bonds is 4. The molecule has 0 radical (unpaired) electrons. The summed E-state index contributed by atoms with van der Waals surface area (Å²) in [7, 11) is 0. The summed E-state index contributed by atoms with van der Waals surface area (Å²) in [6, 6.07) is 2.43. The average molecular weight is 282 g/mol. The molecule has 0 saturated carbocycles. The summed E-state index contributed by atoms with van der Waals surface area (Å²) >= 11 is 5.91. The number of benzene rings is 1. The van der Waals surface area contributed by atoms with Gasteiger partial charge >= 0.3 is 0 Å². The van der Waals surface area contributed by atoms with E-state index in [1.807, 2.05) is 6.92 Å². The van der Waals surface area contributed by atoms with Crippen LogP contribution in [0.4, 0.5) is 4.39 Å². The third-order valence-corrected chi connectivity index (χ3v) is 2.98. The molecule has 0 spiro atoms. The van der Waals surface area contributed by atoms with Gasteiger partial charge in [-0.25, -0.2) is 4.39 Å². The maximum atomic E-state index is 13.8. The summed E-state index contributed by atoms with van der Waals surface area (Å²) in [5.74, 6) is -0.421. The molecule has 2 nitrogen and oxygen atoms in total. The minimum atomic E-state index is -0.771. The third kappa shape index (κ3) is 3.81. The second kappa shape index (κ2) is 7.17. The van der Waals surface area contributed by atoms with Crippen molar-refractivity contribution in [3.05, 3.63) is 34.1 Å². The monoisotopic (exact) mass is 281 g/mol. The zero-order valence-corrected chi connectivity index (χ0v) is 11.5. The Bertz CT molecular complexity index is 374. The maximum absolute atomic E-state index is 13.8. The first-order valence-electron chi connectivity index (χ1n) is 5.37. The molecule has 0 aliphatic rings. The fourth-order valence-corrected chi connectivity index (χ4v) is 1.92. The van der Waals surface area contributed by atoms with Crippen LogP contribution in [-0.4, -0.2) is 11.2 Å². The van der Waals surface area contributed by atoms with Gasteiger partial charge in [0.2, 0.25) is 0 Å². The number of hydrogen-bond donors (Lipinski definition) is 2. The number of aliphatic hydroxyl groups excluding tert-OH is 1. The van der Waals surface area contributed by atoms with E-state index in [-0.39, 0.29) is 23.0 Å². The molecule has 98 valence electrons. The largest absolute Gasteiger partial charge is 0.391 e. The van der Waals surface area contributed by atoms with Gasteiger partial charge < -0.3 is 10.8 Å². The predicted molar refractivity (Wildman–Crippen MR) is 71.2 cm³/mol. The van der Waals surface area contributed by atoms with Gasteiger partial charge in [-0.2, -0.15) is 0 Å². The second-order valence-electron chi connectivity index (χ2n) is 3.97. The van der Waals surface area contributed by atoms with Crippen LogP contribution in [0, 0.1) is 12.7 Å². The van der Waals surface area contributed by atoms with Crippen molar-refractivity contribution in [3.8, 4) is 0 Å². The summed E-state index contributed by atoms with van der Waals surface area (Å²) < 4.78 is 13.8. The molecule has 3 N–H and O–H groups in total. The van der Waals surface area contributed by atoms with Gasteiger partial charge in [0.05, 0.1) is 12.1 Å². The number of halogens is 3. The van der Waals surface area contributed by atoms with Gasteiger partial charge in [0.25, 0.3) is 0 Å². The minimum absolute atomic E-state index is 0. The molecule has 2 atom stereocenters. The highest BCUT2D eigenvalue weighted by Gasteiger charge is 2.23. The number of aliphatic hydroxyl groups is 1. The standard InChI is InChI=1S/C12H17ClFNO.ClH/c1-3-4-9(16)12(15)10-8(13)6-5-7(2)11(10)14;/h5-6,9,12,16H,3-4,15H2,1-2H3;1H/t9-,12-;/m1./s1. The Kier molecular flexibility index (Phi) is 7.02. The molecule has 1 aromatic carbocycles. The van der Waals surface area contributed by atoms with E-state index in [0.717, 1.165) is 6.42 Å². The Labute approximate surface area is 112 Å². The van der Waals surface area contributed by atoms with Gasteiger partial charge in [-0.3, -0.25) is 0 Å². The highest BCUT2D eigenvalue weighted by Crippen LogP contribution is 2.29. The summed E-state index contributed by atoms with van der Waals surface area (Å²) in [6.45, 7) is 3.58. The summed E-state index contributed by atoms with van der Waals surface area (Å²) in [6.07, 6.45) is 0.559. The molecule has 0 aliphatic heterocycles. The Balaban J connectivity index is 0.00000256. The normalized spacial score (nSPS) is 14.0. The maximum Gasteiger partial charge on any atom is 0.132 e. The van der Waals surface area contributed by atoms with Gasteiger partial charge in [-0.15, -0.1) is 12.4 Å². The van der Waals surface area contributed by atoms with E-state index >= 15 is 0 Å². The van der Waals surface area contributed by atoms with E-state index in [0.29, 0.717) is 12.0 Å². The molecule has 0 unspecified atom stereocenters. The Morgan fingerprint density at radius 2 is 2.06 bits per heavy atom. The van der Waals surface area contributed by atoms with Crippen LogP contribution in [0.15, 0.2) is 12.1 Å². The van der Waals surface area contributed by atoms with Crippen LogP contribution >= 0.6 is 24.0 Å². The molecule has 1 aromatic rings. The van der Waals surface area contributed by atoms with Crippen LogP contribution in [0.5, 0.6) is 0 Å². The van der Waals surface area contributed by atoms with Crippen LogP contribution in [0.1, 0.15) is 36.9 Å². The van der Waals surface area contributed by atoms with Gasteiger partial charge in [-0.1, -0.05) is 31.0 Å². The van der Waals surface area contributed by atoms with Crippen molar-refractivity contribution in [2.45, 2.75) is 38.8 Å². The first kappa shape index (κ1) is 16.6. The highest BCUT2D eigenvalue weighted by atomic mass is 35.5. The Hall–Kier alpha value is -0.350. The molecule has 0 saturated heterocycles. The zero-order chi connectivity index (χ0) is 12.3. The lowest BCUT2D eigenvalue weighted by Gasteiger charge is -2.21. The van der Waals surface area contributed by atoms with Gasteiger partial charge in [-0.05, 0) is 25.0 Å². The van der Waals surface area contributed by atoms with Crippen molar-refractivity contribution in [2.24, 2.45) is 5.73 Å². The van der Waals surface area contributed by atoms with Crippen molar-refractivity contribution in [1.82, 2.24) is 0 Å². The van der Waals surface area contributed by atoms with Crippen LogP contribution in [0.25, 0.3) is 0 Å². The van der Waals surface area contributed by atoms with Gasteiger partial charge in [0, 0.05) is 10.6 Å². The molecule has 1 rings (SSSR count). The lowest BCUT2D eigenvalue weighted by molar-refractivity contribution is 0.133. The lowest BCUT2D eigenvalue weighted by Crippen LogP contribution is -2.27. The predicted octanol–water partition coefficient (Wildman–Crippen LogP) is 3.37. The highest BCUT2D eigenvalue weighted by molar-refractivity contribution is 6.31. The molecule has 17 heavy (non-hydrogen) atoms. The fraction of sp³-hybridized carbons (Fsp3) is 0.500. The molecule has 0 bridgehead atoms. The van der Waals surface area contributed by atoms with E-state index in [2.05, 4.69) is 0 Å². The zero-order valence-electron chi connectivity index (χ0n) is 9.91. The van der Waals surface area contributed by atoms with Crippen molar-refractivity contribution < 1.29 is 9.50 Å². The minimum Gasteiger partial charge on any atom is -0.391 e. The molecule has 0 fully saturated rings. The van der Waals surface area contributed by atoms with Crippen LogP contribution in [-0.2, 0) is 0 Å². The van der Waals surface area contributed by atoms with Crippen molar-refractivity contribution in [2.75, 3.05) is 0 Å². The van der Waals surface area contributed by atoms with Crippen molar-refractivity contribution >= 4 is 24.0 Å². The molecule has 0 heterocycles. The summed E-state index contributed by atoms with van der Waals surface area (Å²) in [5.41, 5.74) is 6.52. The average Bonchev–Trinajstić information content (AvgIpc) is 2.24. The van der Waals surface area contributed by atoms with E-state index in [9.17, 15) is 9.50 Å². The second-order valence-corrected chi connectivity index (χ2v) is 4.38. The van der Waals surface area contributed by atoms with E-state index in [1.54, 1.807) is 19.1 Å². The lowest BCUT2D eigenvalue weighted by atomic mass is 9.97. The number of nitrogens with two attached hydrogens (primary N) is 1. The number of hydrogen-bond acceptors (Lipinski definition) is 2. The van der Waals surface area contributed by atoms with E-state index in [4.69, 9.17) is 17.3 Å². The van der Waals surface area contributed by atoms with Crippen molar-refractivity contribution in [1.29, 1.82) is 0 Å². The topological polar surface area (TPSA) is 46.2 Å². The van der Waals surface area contributed by atoms with E-state index in [1.165, 1.54) is 0 Å². The van der Waals surface area contributed by atoms with Crippen LogP contribution < -0.4 is 5.73 Å². The Morgan fingerprint density at radius 1 is 1.47 bits per heavy atom. The molecular formula is C12H18Cl2FNO. The molecular weight excluding hydrogens is 264 g/mol. The summed E-state index contributed by atoms with van der Waals surface area (Å²) in [4.78, 5) is 0. The third-order valence-electron chi connectivity index (χ3n) is 2.65. The quantitative estimate of drug-likeness (QED) is 0.889. The molecule has 0 amide bonds. The van der Waals surface area contributed by atoms with Crippen molar-refractivity contribution in [3.63, 3.8) is 0 Å². The van der Waals surface area contributed by atoms with Gasteiger partial charge in [0.1, 0.15) is 5.82 Å². The summed E-state index contributed by atoms with van der Waals surface area (Å²) in [5, 5.41) is 10.0. The fourth-order valence-electron chi connectivity index (χ4n) is 1.65. The van der Waals surface area contributed by atoms with Gasteiger partial charge in [0.15, 0.2) is 0 Å². The molecule has 0 aliphatic carbocycles. The van der Waals surface area contributed by atoms with E-state index < -0.39 is 18.0 Å². The SMILES string of the molecule is CCC[C@@H](O)[C@@H](N)c1c(Cl)ccc(C)c1F.Cl. The van der Waals surface area contributed by atoms with Crippen LogP contribution in [0.3, 0.4) is 0 Å². The smallest absolute Gasteiger partial charge is 0.132 e. The Morgan fingerprint density at radius 3 is 2.59 bits per heavy atom. The first-order valence-corrected chi connectivity index (χ1v) is 5.75. The first-order chi connectivity index (χ1) is 7.49. The number of aryl methyl sites for hydroxylation is 1. The van der Waals surface area contributed by atoms with Crippen LogP contribution in [0.2, 0.25) is 5.02 Å². The molecule has 5 heteroatoms. The molecule has 0 aromatic heterocycles.